The first kappa shape index (κ1) is 15.6. The maximum Gasteiger partial charge on any atom is 0.252 e. The Morgan fingerprint density at radius 2 is 2.20 bits per heavy atom. The largest absolute Gasteiger partial charge is 0.315 e. The second-order valence-electron chi connectivity index (χ2n) is 4.44. The minimum atomic E-state index is -3.45. The van der Waals surface area contributed by atoms with Crippen LogP contribution in [0.4, 0.5) is 0 Å². The van der Waals surface area contributed by atoms with E-state index in [0.717, 1.165) is 16.1 Å². The number of hydrogen-bond acceptors (Lipinski definition) is 6. The Balaban J connectivity index is 2.23. The van der Waals surface area contributed by atoms with Crippen molar-refractivity contribution >= 4 is 32.7 Å². The second kappa shape index (κ2) is 6.31. The van der Waals surface area contributed by atoms with Crippen molar-refractivity contribution in [3.05, 3.63) is 33.1 Å². The van der Waals surface area contributed by atoms with Gasteiger partial charge in [0.1, 0.15) is 4.21 Å². The smallest absolute Gasteiger partial charge is 0.252 e. The summed E-state index contributed by atoms with van der Waals surface area (Å²) in [7, 11) is -0.0126. The molecule has 8 heteroatoms. The number of hydrogen-bond donors (Lipinski definition) is 1. The molecule has 0 fully saturated rings. The fourth-order valence-corrected chi connectivity index (χ4v) is 5.24. The number of thiophene rings is 1. The summed E-state index contributed by atoms with van der Waals surface area (Å²) in [5, 5.41) is 4.91. The van der Waals surface area contributed by atoms with E-state index in [9.17, 15) is 8.42 Å². The summed E-state index contributed by atoms with van der Waals surface area (Å²) >= 11 is 2.78. The van der Waals surface area contributed by atoms with Crippen molar-refractivity contribution in [2.75, 3.05) is 14.1 Å². The number of nitrogens with one attached hydrogen (secondary N) is 1. The standard InChI is InChI=1S/C12H17N3O2S3/c1-9-4-12(19-11(9)5-13-2)20(16,17)15(3)6-10-7-18-8-14-10/h4,7-8,13H,5-6H2,1-3H3. The molecule has 2 rings (SSSR count). The van der Waals surface area contributed by atoms with E-state index in [1.54, 1.807) is 18.6 Å². The molecule has 2 aromatic rings. The molecule has 0 saturated carbocycles. The second-order valence-corrected chi connectivity index (χ2v) is 8.57. The van der Waals surface area contributed by atoms with Gasteiger partial charge in [0.15, 0.2) is 0 Å². The van der Waals surface area contributed by atoms with Crippen LogP contribution in [0, 0.1) is 6.92 Å². The maximum absolute atomic E-state index is 12.5. The molecule has 1 N–H and O–H groups in total. The highest BCUT2D eigenvalue weighted by Crippen LogP contribution is 2.28. The van der Waals surface area contributed by atoms with Crippen LogP contribution in [0.2, 0.25) is 0 Å². The van der Waals surface area contributed by atoms with Crippen LogP contribution in [0.25, 0.3) is 0 Å². The summed E-state index contributed by atoms with van der Waals surface area (Å²) in [6.45, 7) is 2.91. The van der Waals surface area contributed by atoms with Gasteiger partial charge in [-0.15, -0.1) is 22.7 Å². The lowest BCUT2D eigenvalue weighted by Crippen LogP contribution is -2.25. The van der Waals surface area contributed by atoms with Gasteiger partial charge in [-0.3, -0.25) is 0 Å². The molecular weight excluding hydrogens is 314 g/mol. The van der Waals surface area contributed by atoms with E-state index >= 15 is 0 Å². The lowest BCUT2D eigenvalue weighted by molar-refractivity contribution is 0.464. The van der Waals surface area contributed by atoms with Crippen LogP contribution >= 0.6 is 22.7 Å². The molecule has 0 aliphatic rings. The third kappa shape index (κ3) is 3.26. The van der Waals surface area contributed by atoms with Gasteiger partial charge in [0.25, 0.3) is 10.0 Å². The minimum absolute atomic E-state index is 0.296. The van der Waals surface area contributed by atoms with Crippen molar-refractivity contribution in [1.82, 2.24) is 14.6 Å². The van der Waals surface area contributed by atoms with Gasteiger partial charge >= 0.3 is 0 Å². The van der Waals surface area contributed by atoms with Crippen molar-refractivity contribution in [1.29, 1.82) is 0 Å². The molecule has 0 bridgehead atoms. The number of sulfonamides is 1. The van der Waals surface area contributed by atoms with Crippen LogP contribution in [-0.4, -0.2) is 31.8 Å². The first-order chi connectivity index (χ1) is 9.45. The molecule has 5 nitrogen and oxygen atoms in total. The summed E-state index contributed by atoms with van der Waals surface area (Å²) in [5.41, 5.74) is 3.48. The molecule has 0 aliphatic heterocycles. The highest BCUT2D eigenvalue weighted by atomic mass is 32.2. The Labute approximate surface area is 127 Å². The molecule has 0 saturated heterocycles. The van der Waals surface area contributed by atoms with E-state index in [2.05, 4.69) is 10.3 Å². The summed E-state index contributed by atoms with van der Waals surface area (Å²) in [6, 6.07) is 1.74. The Morgan fingerprint density at radius 3 is 2.80 bits per heavy atom. The Bertz CT molecular complexity index is 662. The summed E-state index contributed by atoms with van der Waals surface area (Å²) < 4.78 is 26.8. The van der Waals surface area contributed by atoms with Gasteiger partial charge in [0.2, 0.25) is 0 Å². The van der Waals surface area contributed by atoms with Crippen molar-refractivity contribution < 1.29 is 8.42 Å². The number of rotatable bonds is 6. The van der Waals surface area contributed by atoms with E-state index < -0.39 is 10.0 Å². The lowest BCUT2D eigenvalue weighted by atomic mass is 10.3. The molecule has 0 radical (unpaired) electrons. The summed E-state index contributed by atoms with van der Waals surface area (Å²) in [4.78, 5) is 5.17. The average Bonchev–Trinajstić information content (AvgIpc) is 3.01. The first-order valence-corrected chi connectivity index (χ1v) is 9.22. The number of aryl methyl sites for hydroxylation is 1. The highest BCUT2D eigenvalue weighted by Gasteiger charge is 2.24. The summed E-state index contributed by atoms with van der Waals surface area (Å²) in [6.07, 6.45) is 0. The van der Waals surface area contributed by atoms with Gasteiger partial charge in [-0.1, -0.05) is 0 Å². The van der Waals surface area contributed by atoms with E-state index in [1.807, 2.05) is 19.4 Å². The normalized spacial score (nSPS) is 12.2. The maximum atomic E-state index is 12.5. The van der Waals surface area contributed by atoms with Crippen molar-refractivity contribution in [3.63, 3.8) is 0 Å². The fraction of sp³-hybridized carbons (Fsp3) is 0.417. The Morgan fingerprint density at radius 1 is 1.45 bits per heavy atom. The molecule has 20 heavy (non-hydrogen) atoms. The van der Waals surface area contributed by atoms with Gasteiger partial charge in [-0.25, -0.2) is 13.4 Å². The number of thiazole rings is 1. The van der Waals surface area contributed by atoms with E-state index in [1.165, 1.54) is 27.0 Å². The quantitative estimate of drug-likeness (QED) is 0.880. The van der Waals surface area contributed by atoms with Crippen LogP contribution in [0.5, 0.6) is 0 Å². The molecule has 2 aromatic heterocycles. The lowest BCUT2D eigenvalue weighted by Gasteiger charge is -2.14. The Hall–Kier alpha value is -0.800. The zero-order chi connectivity index (χ0) is 14.8. The van der Waals surface area contributed by atoms with Crippen LogP contribution in [-0.2, 0) is 23.1 Å². The van der Waals surface area contributed by atoms with Crippen molar-refractivity contribution in [2.24, 2.45) is 0 Å². The SMILES string of the molecule is CNCc1sc(S(=O)(=O)N(C)Cc2cscn2)cc1C. The molecule has 0 amide bonds. The third-order valence-corrected chi connectivity index (χ3v) is 6.99. The van der Waals surface area contributed by atoms with Gasteiger partial charge in [0, 0.05) is 23.8 Å². The monoisotopic (exact) mass is 331 g/mol. The predicted molar refractivity (Wildman–Crippen MR) is 82.6 cm³/mol. The molecule has 0 aromatic carbocycles. The average molecular weight is 331 g/mol. The number of nitrogens with zero attached hydrogens (tertiary/aromatic N) is 2. The van der Waals surface area contributed by atoms with Crippen LogP contribution in [0.15, 0.2) is 21.2 Å². The van der Waals surface area contributed by atoms with Crippen LogP contribution < -0.4 is 5.32 Å². The molecule has 2 heterocycles. The zero-order valence-electron chi connectivity index (χ0n) is 11.6. The first-order valence-electron chi connectivity index (χ1n) is 6.02. The number of aromatic nitrogens is 1. The highest BCUT2D eigenvalue weighted by molar-refractivity contribution is 7.91. The van der Waals surface area contributed by atoms with Crippen molar-refractivity contribution in [2.45, 2.75) is 24.2 Å². The van der Waals surface area contributed by atoms with E-state index in [4.69, 9.17) is 0 Å². The Kier molecular flexibility index (Phi) is 4.92. The van der Waals surface area contributed by atoms with Gasteiger partial charge in [-0.05, 0) is 25.6 Å². The minimum Gasteiger partial charge on any atom is -0.315 e. The topological polar surface area (TPSA) is 62.3 Å². The molecule has 0 unspecified atom stereocenters. The molecule has 110 valence electrons. The van der Waals surface area contributed by atoms with Crippen LogP contribution in [0.3, 0.4) is 0 Å². The summed E-state index contributed by atoms with van der Waals surface area (Å²) in [5.74, 6) is 0. The third-order valence-electron chi connectivity index (χ3n) is 2.87. The molecule has 0 atom stereocenters. The zero-order valence-corrected chi connectivity index (χ0v) is 14.0. The molecular formula is C12H17N3O2S3. The van der Waals surface area contributed by atoms with Crippen LogP contribution in [0.1, 0.15) is 16.1 Å². The van der Waals surface area contributed by atoms with E-state index in [-0.39, 0.29) is 0 Å². The van der Waals surface area contributed by atoms with Gasteiger partial charge in [0.05, 0.1) is 17.7 Å². The van der Waals surface area contributed by atoms with E-state index in [0.29, 0.717) is 17.3 Å². The molecule has 0 spiro atoms. The van der Waals surface area contributed by atoms with Gasteiger partial charge in [-0.2, -0.15) is 4.31 Å². The molecule has 0 aliphatic carbocycles. The fourth-order valence-electron chi connectivity index (χ4n) is 1.73. The van der Waals surface area contributed by atoms with Gasteiger partial charge < -0.3 is 5.32 Å². The van der Waals surface area contributed by atoms with Crippen molar-refractivity contribution in [3.8, 4) is 0 Å². The predicted octanol–water partition coefficient (Wildman–Crippen LogP) is 2.05.